The van der Waals surface area contributed by atoms with Crippen LogP contribution in [0.1, 0.15) is 77.0 Å². The highest BCUT2D eigenvalue weighted by atomic mass is 16.6. The molecule has 4 rings (SSSR count). The van der Waals surface area contributed by atoms with Crippen LogP contribution in [0.25, 0.3) is 0 Å². The second kappa shape index (κ2) is 7.99. The lowest BCUT2D eigenvalue weighted by Gasteiger charge is -2.31. The first-order valence-corrected chi connectivity index (χ1v) is 9.88. The molecule has 4 aliphatic rings. The molecule has 0 bridgehead atoms. The number of hydrogen-bond donors (Lipinski definition) is 1. The quantitative estimate of drug-likeness (QED) is 0.597. The zero-order chi connectivity index (χ0) is 18.6. The number of rotatable bonds is 2. The van der Waals surface area contributed by atoms with Gasteiger partial charge in [0.1, 0.15) is 11.2 Å². The van der Waals surface area contributed by atoms with Gasteiger partial charge in [-0.05, 0) is 51.4 Å². The molecule has 6 heteroatoms. The van der Waals surface area contributed by atoms with Crippen molar-refractivity contribution in [2.24, 2.45) is 0 Å². The molecule has 2 unspecified atom stereocenters. The Morgan fingerprint density at radius 3 is 1.85 bits per heavy atom. The van der Waals surface area contributed by atoms with Crippen molar-refractivity contribution in [3.63, 3.8) is 0 Å². The smallest absolute Gasteiger partial charge is 0.348 e. The van der Waals surface area contributed by atoms with Crippen LogP contribution in [0.15, 0.2) is 12.8 Å². The Bertz CT molecular complexity index is 530. The van der Waals surface area contributed by atoms with Gasteiger partial charge < -0.3 is 19.3 Å². The lowest BCUT2D eigenvalue weighted by molar-refractivity contribution is -0.155. The summed E-state index contributed by atoms with van der Waals surface area (Å²) in [5.41, 5.74) is -0.488. The van der Waals surface area contributed by atoms with E-state index in [1.165, 1.54) is 19.1 Å². The second-order valence-electron chi connectivity index (χ2n) is 8.04. The number of carbonyl (C=O) groups is 2. The van der Waals surface area contributed by atoms with Gasteiger partial charge in [0, 0.05) is 12.8 Å². The first-order valence-electron chi connectivity index (χ1n) is 9.88. The van der Waals surface area contributed by atoms with Gasteiger partial charge in [0.2, 0.25) is 0 Å². The molecule has 2 atom stereocenters. The van der Waals surface area contributed by atoms with Gasteiger partial charge in [0.15, 0.2) is 12.2 Å². The molecular formula is C20H30O6. The Hall–Kier alpha value is -1.56. The Labute approximate surface area is 154 Å². The van der Waals surface area contributed by atoms with E-state index in [4.69, 9.17) is 14.2 Å². The minimum absolute atomic E-state index is 0.205. The van der Waals surface area contributed by atoms with E-state index in [0.717, 1.165) is 51.4 Å². The van der Waals surface area contributed by atoms with Crippen molar-refractivity contribution in [3.05, 3.63) is 12.8 Å². The molecule has 6 nitrogen and oxygen atoms in total. The molecule has 1 N–H and O–H groups in total. The van der Waals surface area contributed by atoms with E-state index in [9.17, 15) is 14.7 Å². The topological polar surface area (TPSA) is 82.1 Å². The summed E-state index contributed by atoms with van der Waals surface area (Å²) in [6.07, 6.45) is 12.2. The van der Waals surface area contributed by atoms with Crippen LogP contribution in [0.5, 0.6) is 0 Å². The fourth-order valence-corrected chi connectivity index (χ4v) is 4.73. The van der Waals surface area contributed by atoms with Crippen molar-refractivity contribution < 1.29 is 28.9 Å². The van der Waals surface area contributed by atoms with Crippen molar-refractivity contribution in [3.8, 4) is 0 Å². The molecule has 0 amide bonds. The Kier molecular flexibility index (Phi) is 5.90. The minimum atomic E-state index is -0.858. The van der Waals surface area contributed by atoms with E-state index < -0.39 is 18.2 Å². The number of hydrogen-bond acceptors (Lipinski definition) is 6. The van der Waals surface area contributed by atoms with Crippen LogP contribution in [0, 0.1) is 0 Å². The van der Waals surface area contributed by atoms with E-state index in [0.29, 0.717) is 12.8 Å². The summed E-state index contributed by atoms with van der Waals surface area (Å²) in [6.45, 7) is 3.46. The summed E-state index contributed by atoms with van der Waals surface area (Å²) in [4.78, 5) is 22.4. The zero-order valence-electron chi connectivity index (χ0n) is 15.4. The highest BCUT2D eigenvalue weighted by molar-refractivity contribution is 5.78. The van der Waals surface area contributed by atoms with Crippen molar-refractivity contribution >= 4 is 11.9 Å². The van der Waals surface area contributed by atoms with Crippen LogP contribution >= 0.6 is 0 Å². The fourth-order valence-electron chi connectivity index (χ4n) is 4.73. The number of esters is 2. The summed E-state index contributed by atoms with van der Waals surface area (Å²) >= 11 is 0. The van der Waals surface area contributed by atoms with Crippen LogP contribution in [0.2, 0.25) is 0 Å². The molecule has 0 aromatic heterocycles. The highest BCUT2D eigenvalue weighted by Crippen LogP contribution is 2.41. The average Bonchev–Trinajstić information content (AvgIpc) is 3.06. The Morgan fingerprint density at radius 1 is 0.885 bits per heavy atom. The largest absolute Gasteiger partial charge is 0.487 e. The maximum absolute atomic E-state index is 11.4. The lowest BCUT2D eigenvalue weighted by atomic mass is 9.82. The summed E-state index contributed by atoms with van der Waals surface area (Å²) in [6, 6.07) is 0. The predicted octanol–water partition coefficient (Wildman–Crippen LogP) is 3.16. The lowest BCUT2D eigenvalue weighted by Crippen LogP contribution is -2.31. The molecule has 2 saturated carbocycles. The number of aliphatic hydroxyl groups excluding tert-OH is 1. The van der Waals surface area contributed by atoms with E-state index >= 15 is 0 Å². The van der Waals surface area contributed by atoms with Crippen LogP contribution in [0.4, 0.5) is 0 Å². The molecule has 2 heterocycles. The third-order valence-corrected chi connectivity index (χ3v) is 6.08. The van der Waals surface area contributed by atoms with Crippen molar-refractivity contribution in [1.82, 2.24) is 0 Å². The summed E-state index contributed by atoms with van der Waals surface area (Å²) in [7, 11) is 0. The van der Waals surface area contributed by atoms with Crippen molar-refractivity contribution in [2.45, 2.75) is 100 Å². The maximum atomic E-state index is 11.4. The summed E-state index contributed by atoms with van der Waals surface area (Å²) in [5, 5.41) is 9.24. The van der Waals surface area contributed by atoms with Gasteiger partial charge in [0.05, 0.1) is 6.26 Å². The molecule has 0 radical (unpaired) electrons. The Balaban J connectivity index is 0.000000152. The Morgan fingerprint density at radius 2 is 1.38 bits per heavy atom. The minimum Gasteiger partial charge on any atom is -0.487 e. The highest BCUT2D eigenvalue weighted by Gasteiger charge is 2.48. The van der Waals surface area contributed by atoms with Crippen LogP contribution in [0.3, 0.4) is 0 Å². The fraction of sp³-hybridized carbons (Fsp3) is 0.800. The molecule has 4 fully saturated rings. The second-order valence-corrected chi connectivity index (χ2v) is 8.04. The monoisotopic (exact) mass is 366 g/mol. The number of ether oxygens (including phenoxy) is 3. The van der Waals surface area contributed by atoms with E-state index in [1.54, 1.807) is 0 Å². The molecular weight excluding hydrogens is 336 g/mol. The first kappa shape index (κ1) is 19.2. The zero-order valence-corrected chi connectivity index (χ0v) is 15.4. The maximum Gasteiger partial charge on any atom is 0.348 e. The van der Waals surface area contributed by atoms with Gasteiger partial charge in [-0.3, -0.25) is 0 Å². The predicted molar refractivity (Wildman–Crippen MR) is 94.1 cm³/mol. The van der Waals surface area contributed by atoms with Crippen LogP contribution < -0.4 is 0 Å². The normalized spacial score (nSPS) is 31.7. The van der Waals surface area contributed by atoms with Gasteiger partial charge in [-0.2, -0.15) is 0 Å². The van der Waals surface area contributed by atoms with Crippen LogP contribution in [-0.4, -0.2) is 40.5 Å². The van der Waals surface area contributed by atoms with Gasteiger partial charge >= 0.3 is 11.9 Å². The van der Waals surface area contributed by atoms with Crippen LogP contribution in [-0.2, 0) is 23.8 Å². The summed E-state index contributed by atoms with van der Waals surface area (Å²) < 4.78 is 15.8. The number of carbonyl (C=O) groups excluding carboxylic acids is 2. The molecule has 0 aromatic rings. The van der Waals surface area contributed by atoms with Crippen molar-refractivity contribution in [1.29, 1.82) is 0 Å². The molecule has 0 aromatic carbocycles. The van der Waals surface area contributed by atoms with E-state index in [2.05, 4.69) is 6.58 Å². The van der Waals surface area contributed by atoms with E-state index in [-0.39, 0.29) is 17.2 Å². The average molecular weight is 366 g/mol. The summed E-state index contributed by atoms with van der Waals surface area (Å²) in [5.74, 6) is -0.635. The van der Waals surface area contributed by atoms with Gasteiger partial charge in [0.25, 0.3) is 0 Å². The van der Waals surface area contributed by atoms with Crippen molar-refractivity contribution in [2.75, 3.05) is 0 Å². The third-order valence-electron chi connectivity index (χ3n) is 6.08. The molecule has 2 aliphatic heterocycles. The molecule has 2 saturated heterocycles. The third kappa shape index (κ3) is 4.22. The SMILES string of the molecule is C=COC1CC2(CCCCC2)OC1=O.O=C1OC2(CCCCC2)CC1O. The van der Waals surface area contributed by atoms with Gasteiger partial charge in [-0.1, -0.05) is 19.4 Å². The molecule has 2 spiro atoms. The molecule has 2 aliphatic carbocycles. The van der Waals surface area contributed by atoms with E-state index in [1.807, 2.05) is 0 Å². The van der Waals surface area contributed by atoms with Gasteiger partial charge in [-0.15, -0.1) is 0 Å². The van der Waals surface area contributed by atoms with Gasteiger partial charge in [-0.25, -0.2) is 9.59 Å². The number of aliphatic hydroxyl groups is 1. The standard InChI is InChI=1S/C11H16O3.C9H14O3/c1-2-13-9-8-11(14-10(9)12)6-4-3-5-7-11;10-7-6-9(12-8(7)11)4-2-1-3-5-9/h2,9H,1,3-8H2;7,10H,1-6H2. The molecule has 26 heavy (non-hydrogen) atoms. The first-order chi connectivity index (χ1) is 12.5. The molecule has 146 valence electrons.